The van der Waals surface area contributed by atoms with Crippen molar-refractivity contribution in [3.8, 4) is 5.69 Å². The number of nitrogens with zero attached hydrogens (tertiary/aromatic N) is 3. The summed E-state index contributed by atoms with van der Waals surface area (Å²) in [6, 6.07) is 16.9. The number of hydrogen-bond donors (Lipinski definition) is 0. The van der Waals surface area contributed by atoms with Gasteiger partial charge in [-0.2, -0.15) is 0 Å². The Balaban J connectivity index is 1.59. The molecule has 0 saturated carbocycles. The van der Waals surface area contributed by atoms with Crippen molar-refractivity contribution in [2.24, 2.45) is 0 Å². The number of hydrogen-bond acceptors (Lipinski definition) is 4. The molecule has 31 heavy (non-hydrogen) atoms. The number of anilines is 1. The zero-order chi connectivity index (χ0) is 21.5. The van der Waals surface area contributed by atoms with E-state index in [1.807, 2.05) is 60.8 Å². The van der Waals surface area contributed by atoms with Crippen LogP contribution in [0.5, 0.6) is 0 Å². The number of carbonyl (C=O) groups is 1. The fraction of sp³-hybridized carbons (Fsp3) is 0.208. The van der Waals surface area contributed by atoms with E-state index in [9.17, 15) is 14.4 Å². The summed E-state index contributed by atoms with van der Waals surface area (Å²) in [5.74, 6) is 0.147. The van der Waals surface area contributed by atoms with Gasteiger partial charge in [-0.15, -0.1) is 11.3 Å². The number of aryl methyl sites for hydroxylation is 1. The van der Waals surface area contributed by atoms with E-state index in [0.29, 0.717) is 28.9 Å². The molecule has 5 rings (SSSR count). The largest absolute Gasteiger partial charge is 0.336 e. The van der Waals surface area contributed by atoms with Crippen molar-refractivity contribution in [1.29, 1.82) is 0 Å². The van der Waals surface area contributed by atoms with Gasteiger partial charge < -0.3 is 4.90 Å². The molecule has 7 heteroatoms. The van der Waals surface area contributed by atoms with Crippen LogP contribution in [0.15, 0.2) is 69.6 Å². The van der Waals surface area contributed by atoms with Crippen molar-refractivity contribution < 1.29 is 4.79 Å². The van der Waals surface area contributed by atoms with Crippen LogP contribution < -0.4 is 16.1 Å². The minimum atomic E-state index is -0.361. The summed E-state index contributed by atoms with van der Waals surface area (Å²) in [7, 11) is 0. The van der Waals surface area contributed by atoms with Crippen LogP contribution in [0.1, 0.15) is 24.0 Å². The number of rotatable bonds is 4. The maximum atomic E-state index is 13.4. The maximum Gasteiger partial charge on any atom is 0.336 e. The number of aromatic nitrogens is 2. The van der Waals surface area contributed by atoms with Gasteiger partial charge in [0.15, 0.2) is 0 Å². The number of carbonyl (C=O) groups excluding carboxylic acids is 1. The molecule has 0 atom stereocenters. The van der Waals surface area contributed by atoms with Crippen LogP contribution in [0.3, 0.4) is 0 Å². The average Bonchev–Trinajstić information content (AvgIpc) is 3.41. The van der Waals surface area contributed by atoms with E-state index in [4.69, 9.17) is 0 Å². The maximum absolute atomic E-state index is 13.4. The average molecular weight is 432 g/mol. The van der Waals surface area contributed by atoms with Crippen LogP contribution in [0, 0.1) is 6.92 Å². The first-order valence-corrected chi connectivity index (χ1v) is 11.1. The van der Waals surface area contributed by atoms with Crippen molar-refractivity contribution >= 4 is 33.1 Å². The number of fused-ring (bicyclic) bond motifs is 1. The summed E-state index contributed by atoms with van der Waals surface area (Å²) in [4.78, 5) is 40.3. The van der Waals surface area contributed by atoms with Gasteiger partial charge in [0.1, 0.15) is 4.70 Å². The number of amides is 1. The molecule has 0 radical (unpaired) electrons. The van der Waals surface area contributed by atoms with Crippen molar-refractivity contribution in [2.45, 2.75) is 26.3 Å². The monoisotopic (exact) mass is 431 g/mol. The lowest BCUT2D eigenvalue weighted by Crippen LogP contribution is -2.38. The molecule has 1 fully saturated rings. The molecule has 1 amide bonds. The standard InChI is InChI=1S/C24H21N3O3S/c1-16-4-2-5-19(14-16)27-23(29)22-20(11-13-31-22)26(24(27)30)15-17-7-9-18(10-8-17)25-12-3-6-21(25)28/h2,4-5,7-11,13-14H,3,6,12,15H2,1H3. The molecule has 0 unspecified atom stereocenters. The lowest BCUT2D eigenvalue weighted by molar-refractivity contribution is -0.117. The van der Waals surface area contributed by atoms with E-state index in [-0.39, 0.29) is 17.2 Å². The van der Waals surface area contributed by atoms with Crippen LogP contribution >= 0.6 is 11.3 Å². The zero-order valence-corrected chi connectivity index (χ0v) is 17.9. The second-order valence-electron chi connectivity index (χ2n) is 7.80. The summed E-state index contributed by atoms with van der Waals surface area (Å²) in [5.41, 5.74) is 3.35. The summed E-state index contributed by atoms with van der Waals surface area (Å²) >= 11 is 1.34. The molecule has 1 aliphatic heterocycles. The SMILES string of the molecule is Cc1cccc(-n2c(=O)c3sccc3n(Cc3ccc(N4CCCC4=O)cc3)c2=O)c1. The van der Waals surface area contributed by atoms with E-state index in [1.165, 1.54) is 15.9 Å². The summed E-state index contributed by atoms with van der Waals surface area (Å²) < 4.78 is 3.45. The Morgan fingerprint density at radius 1 is 0.968 bits per heavy atom. The first-order chi connectivity index (χ1) is 15.0. The summed E-state index contributed by atoms with van der Waals surface area (Å²) in [6.45, 7) is 3.02. The zero-order valence-electron chi connectivity index (χ0n) is 17.1. The highest BCUT2D eigenvalue weighted by molar-refractivity contribution is 7.17. The summed E-state index contributed by atoms with van der Waals surface area (Å²) in [6.07, 6.45) is 1.47. The quantitative estimate of drug-likeness (QED) is 0.495. The molecular weight excluding hydrogens is 410 g/mol. The Morgan fingerprint density at radius 2 is 1.77 bits per heavy atom. The Hall–Kier alpha value is -3.45. The second-order valence-corrected chi connectivity index (χ2v) is 8.71. The highest BCUT2D eigenvalue weighted by atomic mass is 32.1. The molecule has 156 valence electrons. The molecular formula is C24H21N3O3S. The van der Waals surface area contributed by atoms with E-state index < -0.39 is 0 Å². The molecule has 3 heterocycles. The van der Waals surface area contributed by atoms with E-state index >= 15 is 0 Å². The molecule has 1 saturated heterocycles. The fourth-order valence-corrected chi connectivity index (χ4v) is 4.94. The number of benzene rings is 2. The van der Waals surface area contributed by atoms with Gasteiger partial charge in [-0.25, -0.2) is 9.36 Å². The van der Waals surface area contributed by atoms with Gasteiger partial charge in [-0.05, 0) is 60.2 Å². The van der Waals surface area contributed by atoms with Gasteiger partial charge in [0.05, 0.1) is 17.7 Å². The first kappa shape index (κ1) is 19.5. The normalized spacial score (nSPS) is 14.0. The molecule has 2 aromatic heterocycles. The molecule has 2 aromatic carbocycles. The Morgan fingerprint density at radius 3 is 2.48 bits per heavy atom. The minimum absolute atomic E-state index is 0.147. The lowest BCUT2D eigenvalue weighted by atomic mass is 10.2. The van der Waals surface area contributed by atoms with Gasteiger partial charge in [0.25, 0.3) is 5.56 Å². The van der Waals surface area contributed by atoms with Gasteiger partial charge in [-0.3, -0.25) is 14.2 Å². The van der Waals surface area contributed by atoms with Crippen LogP contribution in [0.4, 0.5) is 5.69 Å². The summed E-state index contributed by atoms with van der Waals surface area (Å²) in [5, 5.41) is 1.84. The second kappa shape index (κ2) is 7.67. The Kier molecular flexibility index (Phi) is 4.82. The molecule has 0 aliphatic carbocycles. The lowest BCUT2D eigenvalue weighted by Gasteiger charge is -2.16. The smallest absolute Gasteiger partial charge is 0.312 e. The predicted octanol–water partition coefficient (Wildman–Crippen LogP) is 3.70. The molecule has 4 aromatic rings. The van der Waals surface area contributed by atoms with Crippen molar-refractivity contribution in [2.75, 3.05) is 11.4 Å². The minimum Gasteiger partial charge on any atom is -0.312 e. The highest BCUT2D eigenvalue weighted by Gasteiger charge is 2.21. The van der Waals surface area contributed by atoms with Crippen LogP contribution in [0.2, 0.25) is 0 Å². The highest BCUT2D eigenvalue weighted by Crippen LogP contribution is 2.23. The third-order valence-electron chi connectivity index (χ3n) is 5.68. The predicted molar refractivity (Wildman–Crippen MR) is 124 cm³/mol. The van der Waals surface area contributed by atoms with E-state index in [1.54, 1.807) is 15.5 Å². The van der Waals surface area contributed by atoms with Crippen molar-refractivity contribution in [3.05, 3.63) is 91.9 Å². The van der Waals surface area contributed by atoms with Crippen LogP contribution in [-0.2, 0) is 11.3 Å². The topological polar surface area (TPSA) is 64.3 Å². The third-order valence-corrected chi connectivity index (χ3v) is 6.57. The number of thiophene rings is 1. The third kappa shape index (κ3) is 3.41. The van der Waals surface area contributed by atoms with E-state index in [0.717, 1.165) is 29.8 Å². The molecule has 1 aliphatic rings. The Labute approximate surface area is 182 Å². The van der Waals surface area contributed by atoms with Crippen molar-refractivity contribution in [3.63, 3.8) is 0 Å². The van der Waals surface area contributed by atoms with Crippen LogP contribution in [-0.4, -0.2) is 21.6 Å². The van der Waals surface area contributed by atoms with Gasteiger partial charge in [-0.1, -0.05) is 24.3 Å². The van der Waals surface area contributed by atoms with Gasteiger partial charge in [0.2, 0.25) is 5.91 Å². The molecule has 0 bridgehead atoms. The molecule has 0 spiro atoms. The van der Waals surface area contributed by atoms with E-state index in [2.05, 4.69) is 0 Å². The van der Waals surface area contributed by atoms with Gasteiger partial charge >= 0.3 is 5.69 Å². The van der Waals surface area contributed by atoms with Crippen LogP contribution in [0.25, 0.3) is 15.9 Å². The molecule has 0 N–H and O–H groups in total. The first-order valence-electron chi connectivity index (χ1n) is 10.2. The fourth-order valence-electron chi connectivity index (χ4n) is 4.12. The van der Waals surface area contributed by atoms with Gasteiger partial charge in [0, 0.05) is 18.7 Å². The van der Waals surface area contributed by atoms with Crippen molar-refractivity contribution in [1.82, 2.24) is 9.13 Å². The Bertz CT molecular complexity index is 1410. The molecule has 6 nitrogen and oxygen atoms in total.